The molecule has 1 aliphatic heterocycles. The van der Waals surface area contributed by atoms with Gasteiger partial charge in [-0.1, -0.05) is 24.3 Å². The summed E-state index contributed by atoms with van der Waals surface area (Å²) in [5.41, 5.74) is 0.538. The molecule has 0 saturated carbocycles. The predicted octanol–water partition coefficient (Wildman–Crippen LogP) is 4.04. The molecule has 1 heterocycles. The van der Waals surface area contributed by atoms with Crippen LogP contribution in [0.3, 0.4) is 0 Å². The number of ether oxygens (including phenoxy) is 1. The lowest BCUT2D eigenvalue weighted by Crippen LogP contribution is -2.28. The molecule has 0 aliphatic carbocycles. The van der Waals surface area contributed by atoms with Gasteiger partial charge in [-0.05, 0) is 25.5 Å². The summed E-state index contributed by atoms with van der Waals surface area (Å²) in [6, 6.07) is 5.26. The maximum atomic E-state index is 13.4. The molecule has 1 atom stereocenters. The molecule has 1 aromatic carbocycles. The van der Waals surface area contributed by atoms with Crippen LogP contribution in [0.1, 0.15) is 30.9 Å². The van der Waals surface area contributed by atoms with E-state index in [0.29, 0.717) is 11.4 Å². The normalized spacial score (nSPS) is 18.1. The SMILES string of the molecule is CCOC(=O)C1=C(CS)NC(C)=CC1c1ccccc1C(F)(F)F. The summed E-state index contributed by atoms with van der Waals surface area (Å²) in [5.74, 6) is -1.30. The van der Waals surface area contributed by atoms with Crippen LogP contribution in [0.15, 0.2) is 47.3 Å². The fourth-order valence-corrected chi connectivity index (χ4v) is 2.97. The molecule has 3 nitrogen and oxygen atoms in total. The van der Waals surface area contributed by atoms with Crippen LogP contribution in [0.25, 0.3) is 0 Å². The van der Waals surface area contributed by atoms with E-state index in [1.54, 1.807) is 19.9 Å². The molecule has 2 rings (SSSR count). The highest BCUT2D eigenvalue weighted by Gasteiger charge is 2.38. The lowest BCUT2D eigenvalue weighted by molar-refractivity contribution is -0.140. The Hall–Kier alpha value is -1.89. The van der Waals surface area contributed by atoms with Crippen molar-refractivity contribution < 1.29 is 22.7 Å². The fraction of sp³-hybridized carbons (Fsp3) is 0.353. The molecule has 1 aromatic rings. The van der Waals surface area contributed by atoms with Gasteiger partial charge in [0.15, 0.2) is 0 Å². The lowest BCUT2D eigenvalue weighted by Gasteiger charge is -2.28. The van der Waals surface area contributed by atoms with Crippen LogP contribution in [0.2, 0.25) is 0 Å². The number of nitrogens with one attached hydrogen (secondary N) is 1. The summed E-state index contributed by atoms with van der Waals surface area (Å²) in [5, 5.41) is 3.00. The Morgan fingerprint density at radius 1 is 1.33 bits per heavy atom. The average molecular weight is 357 g/mol. The van der Waals surface area contributed by atoms with Crippen molar-refractivity contribution in [3.8, 4) is 0 Å². The van der Waals surface area contributed by atoms with Crippen LogP contribution < -0.4 is 5.32 Å². The zero-order chi connectivity index (χ0) is 17.9. The van der Waals surface area contributed by atoms with E-state index in [-0.39, 0.29) is 23.5 Å². The van der Waals surface area contributed by atoms with Crippen molar-refractivity contribution >= 4 is 18.6 Å². The third-order valence-corrected chi connectivity index (χ3v) is 3.97. The minimum absolute atomic E-state index is 0.0215. The average Bonchev–Trinajstić information content (AvgIpc) is 2.53. The van der Waals surface area contributed by atoms with Gasteiger partial charge in [0.2, 0.25) is 0 Å². The quantitative estimate of drug-likeness (QED) is 0.631. The monoisotopic (exact) mass is 357 g/mol. The summed E-state index contributed by atoms with van der Waals surface area (Å²) in [6.07, 6.45) is -2.91. The number of allylic oxidation sites excluding steroid dienone is 2. The Balaban J connectivity index is 2.63. The number of esters is 1. The maximum absolute atomic E-state index is 13.4. The number of benzene rings is 1. The summed E-state index contributed by atoms with van der Waals surface area (Å²) in [6.45, 7) is 3.52. The van der Waals surface area contributed by atoms with E-state index in [4.69, 9.17) is 4.74 Å². The summed E-state index contributed by atoms with van der Waals surface area (Å²) >= 11 is 4.18. The van der Waals surface area contributed by atoms with Crippen molar-refractivity contribution in [1.29, 1.82) is 0 Å². The van der Waals surface area contributed by atoms with Crippen molar-refractivity contribution in [2.75, 3.05) is 12.4 Å². The van der Waals surface area contributed by atoms with Gasteiger partial charge in [0, 0.05) is 23.1 Å². The second-order valence-electron chi connectivity index (χ2n) is 5.31. The number of carbonyl (C=O) groups is 1. The lowest BCUT2D eigenvalue weighted by atomic mass is 9.84. The minimum Gasteiger partial charge on any atom is -0.463 e. The number of rotatable bonds is 4. The fourth-order valence-electron chi connectivity index (χ4n) is 2.72. The molecule has 0 radical (unpaired) electrons. The largest absolute Gasteiger partial charge is 0.463 e. The van der Waals surface area contributed by atoms with Gasteiger partial charge in [-0.2, -0.15) is 25.8 Å². The van der Waals surface area contributed by atoms with Crippen molar-refractivity contribution in [2.45, 2.75) is 25.9 Å². The number of thiol groups is 1. The molecule has 24 heavy (non-hydrogen) atoms. The first-order chi connectivity index (χ1) is 11.3. The molecule has 1 N–H and O–H groups in total. The van der Waals surface area contributed by atoms with Gasteiger partial charge < -0.3 is 10.1 Å². The van der Waals surface area contributed by atoms with Crippen LogP contribution >= 0.6 is 12.6 Å². The predicted molar refractivity (Wildman–Crippen MR) is 88.6 cm³/mol. The number of carbonyl (C=O) groups excluding carboxylic acids is 1. The van der Waals surface area contributed by atoms with Crippen molar-refractivity contribution in [2.24, 2.45) is 0 Å². The van der Waals surface area contributed by atoms with Crippen LogP contribution in [-0.4, -0.2) is 18.3 Å². The highest BCUT2D eigenvalue weighted by molar-refractivity contribution is 7.80. The first-order valence-corrected chi connectivity index (χ1v) is 8.05. The highest BCUT2D eigenvalue weighted by atomic mass is 32.1. The topological polar surface area (TPSA) is 38.3 Å². The second-order valence-corrected chi connectivity index (χ2v) is 5.62. The van der Waals surface area contributed by atoms with E-state index in [1.165, 1.54) is 18.2 Å². The van der Waals surface area contributed by atoms with Crippen LogP contribution in [0, 0.1) is 0 Å². The van der Waals surface area contributed by atoms with E-state index in [1.807, 2.05) is 0 Å². The van der Waals surface area contributed by atoms with E-state index >= 15 is 0 Å². The Labute approximate surface area is 144 Å². The number of dihydropyridines is 1. The minimum atomic E-state index is -4.51. The van der Waals surface area contributed by atoms with Gasteiger partial charge in [0.25, 0.3) is 0 Å². The number of hydrogen-bond donors (Lipinski definition) is 2. The zero-order valence-electron chi connectivity index (χ0n) is 13.3. The van der Waals surface area contributed by atoms with Crippen LogP contribution in [-0.2, 0) is 15.7 Å². The van der Waals surface area contributed by atoms with Gasteiger partial charge in [0.1, 0.15) is 0 Å². The smallest absolute Gasteiger partial charge is 0.416 e. The molecular weight excluding hydrogens is 339 g/mol. The van der Waals surface area contributed by atoms with Gasteiger partial charge in [-0.25, -0.2) is 4.79 Å². The first kappa shape index (κ1) is 18.4. The van der Waals surface area contributed by atoms with Crippen molar-refractivity contribution in [3.63, 3.8) is 0 Å². The van der Waals surface area contributed by atoms with Gasteiger partial charge >= 0.3 is 12.1 Å². The van der Waals surface area contributed by atoms with Gasteiger partial charge in [-0.3, -0.25) is 0 Å². The van der Waals surface area contributed by atoms with Crippen LogP contribution in [0.5, 0.6) is 0 Å². The van der Waals surface area contributed by atoms with Crippen molar-refractivity contribution in [3.05, 3.63) is 58.4 Å². The third-order valence-electron chi connectivity index (χ3n) is 3.66. The van der Waals surface area contributed by atoms with Gasteiger partial charge in [0.05, 0.1) is 17.7 Å². The Morgan fingerprint density at radius 2 is 2.00 bits per heavy atom. The zero-order valence-corrected chi connectivity index (χ0v) is 14.2. The van der Waals surface area contributed by atoms with E-state index in [9.17, 15) is 18.0 Å². The molecule has 1 aliphatic rings. The summed E-state index contributed by atoms with van der Waals surface area (Å²) < 4.78 is 45.2. The summed E-state index contributed by atoms with van der Waals surface area (Å²) in [7, 11) is 0. The Morgan fingerprint density at radius 3 is 2.58 bits per heavy atom. The molecule has 0 aromatic heterocycles. The molecular formula is C17H18F3NO2S. The number of halogens is 3. The molecule has 0 fully saturated rings. The first-order valence-electron chi connectivity index (χ1n) is 7.42. The van der Waals surface area contributed by atoms with Gasteiger partial charge in [-0.15, -0.1) is 0 Å². The maximum Gasteiger partial charge on any atom is 0.416 e. The molecule has 0 amide bonds. The van der Waals surface area contributed by atoms with E-state index < -0.39 is 23.6 Å². The molecule has 0 saturated heterocycles. The summed E-state index contributed by atoms with van der Waals surface area (Å²) in [4.78, 5) is 12.4. The van der Waals surface area contributed by atoms with Crippen LogP contribution in [0.4, 0.5) is 13.2 Å². The Bertz CT molecular complexity index is 695. The second kappa shape index (κ2) is 7.34. The standard InChI is InChI=1S/C17H18F3NO2S/c1-3-23-16(22)15-12(8-10(2)21-14(15)9-24)11-6-4-5-7-13(11)17(18,19)20/h4-8,12,21,24H,3,9H2,1-2H3. The molecule has 0 spiro atoms. The Kier molecular flexibility index (Phi) is 5.64. The molecule has 130 valence electrons. The molecule has 7 heteroatoms. The number of alkyl halides is 3. The van der Waals surface area contributed by atoms with E-state index in [2.05, 4.69) is 17.9 Å². The molecule has 1 unspecified atom stereocenters. The van der Waals surface area contributed by atoms with Crippen molar-refractivity contribution in [1.82, 2.24) is 5.32 Å². The molecule has 0 bridgehead atoms. The number of hydrogen-bond acceptors (Lipinski definition) is 4. The van der Waals surface area contributed by atoms with E-state index in [0.717, 1.165) is 6.07 Å². The highest BCUT2D eigenvalue weighted by Crippen LogP contribution is 2.40. The third kappa shape index (κ3) is 3.77.